The van der Waals surface area contributed by atoms with E-state index in [0.29, 0.717) is 12.5 Å². The molecule has 0 saturated heterocycles. The van der Waals surface area contributed by atoms with Gasteiger partial charge in [-0.3, -0.25) is 0 Å². The normalized spacial score (nSPS) is 12.8. The van der Waals surface area contributed by atoms with Crippen LogP contribution in [-0.4, -0.2) is 23.1 Å². The van der Waals surface area contributed by atoms with Gasteiger partial charge in [0.2, 0.25) is 0 Å². The molecule has 1 rings (SSSR count). The molecular weight excluding hydrogens is 226 g/mol. The number of hydrogen-bond acceptors (Lipinski definition) is 4. The van der Waals surface area contributed by atoms with E-state index in [9.17, 15) is 0 Å². The smallest absolute Gasteiger partial charge is 0.159 e. The van der Waals surface area contributed by atoms with Crippen LogP contribution < -0.4 is 5.32 Å². The second-order valence-corrected chi connectivity index (χ2v) is 4.61. The summed E-state index contributed by atoms with van der Waals surface area (Å²) in [6.45, 7) is 12.0. The molecule has 0 aliphatic rings. The highest BCUT2D eigenvalue weighted by atomic mass is 16.5. The molecule has 18 heavy (non-hydrogen) atoms. The monoisotopic (exact) mass is 251 g/mol. The van der Waals surface area contributed by atoms with Gasteiger partial charge in [0.1, 0.15) is 11.9 Å². The number of aryl methyl sites for hydroxylation is 1. The molecule has 0 fully saturated rings. The van der Waals surface area contributed by atoms with E-state index < -0.39 is 0 Å². The van der Waals surface area contributed by atoms with Gasteiger partial charge in [-0.2, -0.15) is 0 Å². The molecule has 1 aromatic heterocycles. The first kappa shape index (κ1) is 14.9. The van der Waals surface area contributed by atoms with E-state index in [-0.39, 0.29) is 6.10 Å². The molecule has 0 saturated carbocycles. The Labute approximate surface area is 110 Å². The van der Waals surface area contributed by atoms with Gasteiger partial charge < -0.3 is 10.1 Å². The molecule has 0 bridgehead atoms. The summed E-state index contributed by atoms with van der Waals surface area (Å²) in [4.78, 5) is 9.16. The van der Waals surface area contributed by atoms with E-state index in [4.69, 9.17) is 4.74 Å². The van der Waals surface area contributed by atoms with Crippen molar-refractivity contribution in [3.8, 4) is 0 Å². The van der Waals surface area contributed by atoms with Crippen LogP contribution in [0.3, 0.4) is 0 Å². The maximum absolute atomic E-state index is 5.77. The summed E-state index contributed by atoms with van der Waals surface area (Å²) >= 11 is 0. The van der Waals surface area contributed by atoms with E-state index in [2.05, 4.69) is 43.0 Å². The van der Waals surface area contributed by atoms with E-state index in [1.54, 1.807) is 0 Å². The lowest BCUT2D eigenvalue weighted by Crippen LogP contribution is -2.16. The average Bonchev–Trinajstić information content (AvgIpc) is 2.35. The minimum atomic E-state index is -0.0288. The summed E-state index contributed by atoms with van der Waals surface area (Å²) in [6.07, 6.45) is 0.879. The first-order valence-corrected chi connectivity index (χ1v) is 6.85. The lowest BCUT2D eigenvalue weighted by atomic mass is 10.1. The second-order valence-electron chi connectivity index (χ2n) is 4.61. The molecule has 1 aromatic rings. The van der Waals surface area contributed by atoms with Crippen molar-refractivity contribution in [2.75, 3.05) is 18.5 Å². The predicted molar refractivity (Wildman–Crippen MR) is 74.8 cm³/mol. The number of aromatic nitrogens is 2. The molecule has 1 heterocycles. The molecule has 0 spiro atoms. The van der Waals surface area contributed by atoms with Gasteiger partial charge in [0.05, 0.1) is 0 Å². The molecule has 0 aliphatic carbocycles. The third-order valence-corrected chi connectivity index (χ3v) is 2.72. The minimum absolute atomic E-state index is 0.0288. The van der Waals surface area contributed by atoms with Crippen molar-refractivity contribution in [1.82, 2.24) is 9.97 Å². The van der Waals surface area contributed by atoms with E-state index in [1.165, 1.54) is 0 Å². The standard InChI is InChI=1S/C14H25N3O/c1-6-11-9-12(15-7-2)17-14(16-11)13(10(4)5)18-8-3/h9-10,13H,6-8H2,1-5H3,(H,15,16,17). The predicted octanol–water partition coefficient (Wildman–Crippen LogP) is 3.20. The fraction of sp³-hybridized carbons (Fsp3) is 0.714. The van der Waals surface area contributed by atoms with E-state index in [1.807, 2.05) is 13.0 Å². The first-order chi connectivity index (χ1) is 8.62. The maximum Gasteiger partial charge on any atom is 0.159 e. The second kappa shape index (κ2) is 7.31. The fourth-order valence-electron chi connectivity index (χ4n) is 1.84. The summed E-state index contributed by atoms with van der Waals surface area (Å²) in [6, 6.07) is 2.01. The number of nitrogens with zero attached hydrogens (tertiary/aromatic N) is 2. The van der Waals surface area contributed by atoms with Gasteiger partial charge >= 0.3 is 0 Å². The summed E-state index contributed by atoms with van der Waals surface area (Å²) in [5, 5.41) is 3.25. The molecule has 4 nitrogen and oxygen atoms in total. The van der Waals surface area contributed by atoms with Crippen LogP contribution in [0.5, 0.6) is 0 Å². The Bertz CT molecular complexity index is 366. The number of ether oxygens (including phenoxy) is 1. The van der Waals surface area contributed by atoms with Crippen LogP contribution in [0.25, 0.3) is 0 Å². The molecule has 102 valence electrons. The van der Waals surface area contributed by atoms with Crippen molar-refractivity contribution >= 4 is 5.82 Å². The van der Waals surface area contributed by atoms with Crippen molar-refractivity contribution in [2.24, 2.45) is 5.92 Å². The molecular formula is C14H25N3O. The first-order valence-electron chi connectivity index (χ1n) is 6.85. The highest BCUT2D eigenvalue weighted by Gasteiger charge is 2.20. The van der Waals surface area contributed by atoms with Crippen LogP contribution in [0.2, 0.25) is 0 Å². The van der Waals surface area contributed by atoms with Gasteiger partial charge in [-0.25, -0.2) is 9.97 Å². The Hall–Kier alpha value is -1.16. The fourth-order valence-corrected chi connectivity index (χ4v) is 1.84. The number of nitrogens with one attached hydrogen (secondary N) is 1. The quantitative estimate of drug-likeness (QED) is 0.808. The summed E-state index contributed by atoms with van der Waals surface area (Å²) in [7, 11) is 0. The molecule has 0 aliphatic heterocycles. The zero-order chi connectivity index (χ0) is 13.5. The SMILES string of the molecule is CCNc1cc(CC)nc(C(OCC)C(C)C)n1. The Balaban J connectivity index is 3.07. The zero-order valence-corrected chi connectivity index (χ0v) is 12.2. The van der Waals surface area contributed by atoms with Gasteiger partial charge in [-0.15, -0.1) is 0 Å². The minimum Gasteiger partial charge on any atom is -0.370 e. The van der Waals surface area contributed by atoms with Crippen LogP contribution >= 0.6 is 0 Å². The highest BCUT2D eigenvalue weighted by Crippen LogP contribution is 2.24. The van der Waals surface area contributed by atoms with Crippen LogP contribution in [0.1, 0.15) is 52.2 Å². The molecule has 1 atom stereocenters. The van der Waals surface area contributed by atoms with Gasteiger partial charge in [-0.05, 0) is 26.2 Å². The van der Waals surface area contributed by atoms with Crippen LogP contribution in [0, 0.1) is 5.92 Å². The van der Waals surface area contributed by atoms with Crippen molar-refractivity contribution in [1.29, 1.82) is 0 Å². The lowest BCUT2D eigenvalue weighted by molar-refractivity contribution is 0.0231. The van der Waals surface area contributed by atoms with Gasteiger partial charge in [-0.1, -0.05) is 20.8 Å². The summed E-state index contributed by atoms with van der Waals surface area (Å²) in [5.74, 6) is 2.05. The Morgan fingerprint density at radius 2 is 1.94 bits per heavy atom. The van der Waals surface area contributed by atoms with Crippen LogP contribution in [-0.2, 0) is 11.2 Å². The van der Waals surface area contributed by atoms with Gasteiger partial charge in [0.25, 0.3) is 0 Å². The number of rotatable bonds is 7. The van der Waals surface area contributed by atoms with Crippen molar-refractivity contribution in [2.45, 2.75) is 47.1 Å². The Kier molecular flexibility index (Phi) is 6.05. The lowest BCUT2D eigenvalue weighted by Gasteiger charge is -2.20. The van der Waals surface area contributed by atoms with E-state index in [0.717, 1.165) is 30.3 Å². The van der Waals surface area contributed by atoms with Crippen molar-refractivity contribution < 1.29 is 4.74 Å². The van der Waals surface area contributed by atoms with Crippen molar-refractivity contribution in [3.63, 3.8) is 0 Å². The molecule has 1 N–H and O–H groups in total. The molecule has 1 unspecified atom stereocenters. The van der Waals surface area contributed by atoms with Gasteiger partial charge in [0.15, 0.2) is 5.82 Å². The number of hydrogen-bond donors (Lipinski definition) is 1. The summed E-state index contributed by atoms with van der Waals surface area (Å²) < 4.78 is 5.77. The average molecular weight is 251 g/mol. The molecule has 4 heteroatoms. The zero-order valence-electron chi connectivity index (χ0n) is 12.2. The maximum atomic E-state index is 5.77. The largest absolute Gasteiger partial charge is 0.370 e. The van der Waals surface area contributed by atoms with Crippen LogP contribution in [0.4, 0.5) is 5.82 Å². The van der Waals surface area contributed by atoms with Gasteiger partial charge in [0, 0.05) is 24.9 Å². The molecule has 0 radical (unpaired) electrons. The number of anilines is 1. The highest BCUT2D eigenvalue weighted by molar-refractivity contribution is 5.36. The van der Waals surface area contributed by atoms with Crippen LogP contribution in [0.15, 0.2) is 6.07 Å². The Morgan fingerprint density at radius 3 is 2.44 bits per heavy atom. The van der Waals surface area contributed by atoms with E-state index >= 15 is 0 Å². The summed E-state index contributed by atoms with van der Waals surface area (Å²) in [5.41, 5.74) is 1.06. The van der Waals surface area contributed by atoms with Crippen molar-refractivity contribution in [3.05, 3.63) is 17.6 Å². The molecule has 0 aromatic carbocycles. The molecule has 0 amide bonds. The topological polar surface area (TPSA) is 47.0 Å². The third-order valence-electron chi connectivity index (χ3n) is 2.72. The Morgan fingerprint density at radius 1 is 1.22 bits per heavy atom. The third kappa shape index (κ3) is 3.95.